The Morgan fingerprint density at radius 2 is 2.06 bits per heavy atom. The minimum atomic E-state index is 0.0667. The molecule has 0 heterocycles. The van der Waals surface area contributed by atoms with Crippen LogP contribution in [0.3, 0.4) is 0 Å². The van der Waals surface area contributed by atoms with Gasteiger partial charge in [0.05, 0.1) is 7.11 Å². The van der Waals surface area contributed by atoms with E-state index < -0.39 is 0 Å². The van der Waals surface area contributed by atoms with Gasteiger partial charge in [-0.1, -0.05) is 13.8 Å². The van der Waals surface area contributed by atoms with Gasteiger partial charge in [0.15, 0.2) is 5.78 Å². The highest BCUT2D eigenvalue weighted by Crippen LogP contribution is 2.30. The molecule has 1 N–H and O–H groups in total. The second-order valence-corrected chi connectivity index (χ2v) is 3.73. The van der Waals surface area contributed by atoms with E-state index in [2.05, 4.69) is 0 Å². The van der Waals surface area contributed by atoms with E-state index >= 15 is 0 Å². The number of hydrogen-bond acceptors (Lipinski definition) is 3. The van der Waals surface area contributed by atoms with Crippen LogP contribution in [-0.2, 0) is 4.79 Å². The number of carbonyl (C=O) groups excluding carboxylic acids is 1. The normalized spacial score (nSPS) is 11.4. The van der Waals surface area contributed by atoms with Gasteiger partial charge in [-0.3, -0.25) is 4.79 Å². The summed E-state index contributed by atoms with van der Waals surface area (Å²) in [6.45, 7) is 3.78. The highest BCUT2D eigenvalue weighted by atomic mass is 16.5. The third-order valence-electron chi connectivity index (χ3n) is 2.62. The van der Waals surface area contributed by atoms with Crippen molar-refractivity contribution in [2.24, 2.45) is 0 Å². The van der Waals surface area contributed by atoms with Crippen LogP contribution in [0.25, 0.3) is 5.57 Å². The van der Waals surface area contributed by atoms with E-state index in [4.69, 9.17) is 4.74 Å². The van der Waals surface area contributed by atoms with E-state index in [1.165, 1.54) is 0 Å². The highest BCUT2D eigenvalue weighted by molar-refractivity contribution is 5.97. The number of ether oxygens (including phenoxy) is 1. The molecule has 0 aliphatic heterocycles. The van der Waals surface area contributed by atoms with Crippen molar-refractivity contribution < 1.29 is 14.6 Å². The van der Waals surface area contributed by atoms with Crippen LogP contribution in [0.4, 0.5) is 0 Å². The number of phenolic OH excluding ortho intramolecular Hbond substituents is 1. The Morgan fingerprint density at radius 1 is 1.35 bits per heavy atom. The number of allylic oxidation sites excluding steroid dienone is 2. The molecule has 0 radical (unpaired) electrons. The summed E-state index contributed by atoms with van der Waals surface area (Å²) < 4.78 is 5.02. The maximum atomic E-state index is 11.4. The molecule has 0 unspecified atom stereocenters. The summed E-state index contributed by atoms with van der Waals surface area (Å²) in [5.74, 6) is 0.807. The number of aromatic hydroxyl groups is 1. The van der Waals surface area contributed by atoms with Crippen LogP contribution in [0, 0.1) is 0 Å². The number of phenols is 1. The number of ketones is 1. The molecular weight excluding hydrogens is 216 g/mol. The van der Waals surface area contributed by atoms with Gasteiger partial charge in [-0.05, 0) is 30.2 Å². The van der Waals surface area contributed by atoms with E-state index in [0.29, 0.717) is 24.2 Å². The quantitative estimate of drug-likeness (QED) is 0.796. The van der Waals surface area contributed by atoms with Gasteiger partial charge in [-0.15, -0.1) is 0 Å². The van der Waals surface area contributed by atoms with Crippen LogP contribution in [0.1, 0.15) is 32.3 Å². The molecule has 1 rings (SSSR count). The van der Waals surface area contributed by atoms with Crippen molar-refractivity contribution in [2.45, 2.75) is 26.7 Å². The lowest BCUT2D eigenvalue weighted by molar-refractivity contribution is -0.114. The Labute approximate surface area is 102 Å². The smallest absolute Gasteiger partial charge is 0.155 e. The average molecular weight is 234 g/mol. The number of methoxy groups -OCH3 is 1. The molecular formula is C14H18O3. The number of benzene rings is 1. The SMILES string of the molecule is CCC(=O)/C=C(\CC)c1ccc(OC)cc1O. The van der Waals surface area contributed by atoms with Crippen LogP contribution in [-0.4, -0.2) is 18.0 Å². The molecule has 0 aliphatic rings. The first-order valence-corrected chi connectivity index (χ1v) is 5.73. The number of carbonyl (C=O) groups is 1. The fourth-order valence-corrected chi connectivity index (χ4v) is 1.58. The predicted octanol–water partition coefficient (Wildman–Crippen LogP) is 3.17. The van der Waals surface area contributed by atoms with Gasteiger partial charge in [-0.25, -0.2) is 0 Å². The monoisotopic (exact) mass is 234 g/mol. The Hall–Kier alpha value is -1.77. The van der Waals surface area contributed by atoms with Crippen LogP contribution in [0.2, 0.25) is 0 Å². The first-order valence-electron chi connectivity index (χ1n) is 5.73. The minimum absolute atomic E-state index is 0.0667. The van der Waals surface area contributed by atoms with Crippen LogP contribution in [0.5, 0.6) is 11.5 Å². The third kappa shape index (κ3) is 3.34. The molecule has 0 saturated carbocycles. The van der Waals surface area contributed by atoms with Crippen molar-refractivity contribution in [3.63, 3.8) is 0 Å². The van der Waals surface area contributed by atoms with Crippen molar-refractivity contribution in [2.75, 3.05) is 7.11 Å². The van der Waals surface area contributed by atoms with Gasteiger partial charge in [0.1, 0.15) is 11.5 Å². The van der Waals surface area contributed by atoms with E-state index in [-0.39, 0.29) is 11.5 Å². The first kappa shape index (κ1) is 13.3. The van der Waals surface area contributed by atoms with E-state index in [0.717, 1.165) is 5.57 Å². The summed E-state index contributed by atoms with van der Waals surface area (Å²) >= 11 is 0. The minimum Gasteiger partial charge on any atom is -0.507 e. The van der Waals surface area contributed by atoms with Crippen molar-refractivity contribution in [1.29, 1.82) is 0 Å². The van der Waals surface area contributed by atoms with Gasteiger partial charge in [0.25, 0.3) is 0 Å². The topological polar surface area (TPSA) is 46.5 Å². The third-order valence-corrected chi connectivity index (χ3v) is 2.62. The highest BCUT2D eigenvalue weighted by Gasteiger charge is 2.08. The first-order chi connectivity index (χ1) is 8.12. The summed E-state index contributed by atoms with van der Waals surface area (Å²) in [5.41, 5.74) is 1.53. The molecule has 1 aromatic rings. The maximum Gasteiger partial charge on any atom is 0.155 e. The zero-order valence-electron chi connectivity index (χ0n) is 10.5. The van der Waals surface area contributed by atoms with Crippen LogP contribution >= 0.6 is 0 Å². The van der Waals surface area contributed by atoms with Crippen LogP contribution < -0.4 is 4.74 Å². The Morgan fingerprint density at radius 3 is 2.53 bits per heavy atom. The molecule has 3 nitrogen and oxygen atoms in total. The molecule has 92 valence electrons. The van der Waals surface area contributed by atoms with Gasteiger partial charge in [0, 0.05) is 18.1 Å². The molecule has 0 bridgehead atoms. The molecule has 0 spiro atoms. The lowest BCUT2D eigenvalue weighted by atomic mass is 10.0. The van der Waals surface area contributed by atoms with Gasteiger partial charge in [0.2, 0.25) is 0 Å². The van der Waals surface area contributed by atoms with Crippen molar-refractivity contribution in [3.8, 4) is 11.5 Å². The lowest BCUT2D eigenvalue weighted by Crippen LogP contribution is -1.93. The molecule has 0 amide bonds. The van der Waals surface area contributed by atoms with Gasteiger partial charge < -0.3 is 9.84 Å². The molecule has 17 heavy (non-hydrogen) atoms. The fourth-order valence-electron chi connectivity index (χ4n) is 1.58. The van der Waals surface area contributed by atoms with E-state index in [1.807, 2.05) is 13.8 Å². The predicted molar refractivity (Wildman–Crippen MR) is 68.2 cm³/mol. The van der Waals surface area contributed by atoms with E-state index in [1.54, 1.807) is 31.4 Å². The Balaban J connectivity index is 3.12. The molecule has 3 heteroatoms. The molecule has 0 fully saturated rings. The fraction of sp³-hybridized carbons (Fsp3) is 0.357. The van der Waals surface area contributed by atoms with Crippen LogP contribution in [0.15, 0.2) is 24.3 Å². The largest absolute Gasteiger partial charge is 0.507 e. The second kappa shape index (κ2) is 6.09. The molecule has 0 aromatic heterocycles. The van der Waals surface area contributed by atoms with Gasteiger partial charge >= 0.3 is 0 Å². The average Bonchev–Trinajstić information content (AvgIpc) is 2.35. The zero-order chi connectivity index (χ0) is 12.8. The van der Waals surface area contributed by atoms with Gasteiger partial charge in [-0.2, -0.15) is 0 Å². The van der Waals surface area contributed by atoms with Crippen molar-refractivity contribution in [3.05, 3.63) is 29.8 Å². The molecule has 0 atom stereocenters. The molecule has 0 saturated heterocycles. The molecule has 0 aliphatic carbocycles. The second-order valence-electron chi connectivity index (χ2n) is 3.73. The summed E-state index contributed by atoms with van der Waals surface area (Å²) in [4.78, 5) is 11.4. The summed E-state index contributed by atoms with van der Waals surface area (Å²) in [6, 6.07) is 5.09. The van der Waals surface area contributed by atoms with E-state index in [9.17, 15) is 9.90 Å². The number of hydrogen-bond donors (Lipinski definition) is 1. The lowest BCUT2D eigenvalue weighted by Gasteiger charge is -2.09. The summed E-state index contributed by atoms with van der Waals surface area (Å²) in [7, 11) is 1.55. The summed E-state index contributed by atoms with van der Waals surface area (Å²) in [5, 5.41) is 9.88. The van der Waals surface area contributed by atoms with Crippen molar-refractivity contribution >= 4 is 11.4 Å². The molecule has 1 aromatic carbocycles. The summed E-state index contributed by atoms with van der Waals surface area (Å²) in [6.07, 6.45) is 2.77. The van der Waals surface area contributed by atoms with Crippen molar-refractivity contribution in [1.82, 2.24) is 0 Å². The zero-order valence-corrected chi connectivity index (χ0v) is 10.5. The standard InChI is InChI=1S/C14H18O3/c1-4-10(8-11(15)5-2)13-7-6-12(17-3)9-14(13)16/h6-9,16H,4-5H2,1-3H3/b10-8+. The Bertz CT molecular complexity index is 433. The maximum absolute atomic E-state index is 11.4. The Kier molecular flexibility index (Phi) is 4.76. The number of rotatable bonds is 5.